The fourth-order valence-corrected chi connectivity index (χ4v) is 3.14. The highest BCUT2D eigenvalue weighted by atomic mass is 15.2. The summed E-state index contributed by atoms with van der Waals surface area (Å²) in [7, 11) is 0. The van der Waals surface area contributed by atoms with Crippen molar-refractivity contribution in [3.05, 3.63) is 0 Å². The Morgan fingerprint density at radius 1 is 0.938 bits per heavy atom. The number of nitrogens with zero attached hydrogens (tertiary/aromatic N) is 1. The molecule has 0 spiro atoms. The lowest BCUT2D eigenvalue weighted by atomic mass is 9.88. The molecule has 2 rings (SSSR count). The van der Waals surface area contributed by atoms with Crippen molar-refractivity contribution < 1.29 is 0 Å². The second-order valence-corrected chi connectivity index (χ2v) is 5.74. The lowest BCUT2D eigenvalue weighted by molar-refractivity contribution is 0.356. The average molecular weight is 222 g/mol. The van der Waals surface area contributed by atoms with E-state index in [4.69, 9.17) is 5.41 Å². The summed E-state index contributed by atoms with van der Waals surface area (Å²) in [6, 6.07) is 0. The Hall–Kier alpha value is -0.530. The van der Waals surface area contributed by atoms with Crippen molar-refractivity contribution in [3.8, 4) is 0 Å². The third-order valence-corrected chi connectivity index (χ3v) is 4.35. The second kappa shape index (κ2) is 5.70. The lowest BCUT2D eigenvalue weighted by Gasteiger charge is -2.31. The SMILES string of the molecule is CC1CCCN(C(=N)C2CCCCC2)CC1. The van der Waals surface area contributed by atoms with E-state index in [9.17, 15) is 0 Å². The minimum Gasteiger partial charge on any atom is -0.360 e. The molecule has 1 aliphatic heterocycles. The predicted molar refractivity (Wildman–Crippen MR) is 68.9 cm³/mol. The molecule has 2 nitrogen and oxygen atoms in total. The standard InChI is InChI=1S/C14H26N2/c1-12-6-5-10-16(11-9-12)14(15)13-7-3-2-4-8-13/h12-13,15H,2-11H2,1H3. The maximum atomic E-state index is 8.37. The Morgan fingerprint density at radius 2 is 1.69 bits per heavy atom. The van der Waals surface area contributed by atoms with Gasteiger partial charge in [-0.05, 0) is 38.0 Å². The van der Waals surface area contributed by atoms with Gasteiger partial charge in [0.05, 0.1) is 5.84 Å². The van der Waals surface area contributed by atoms with E-state index >= 15 is 0 Å². The van der Waals surface area contributed by atoms with Crippen molar-refractivity contribution in [1.29, 1.82) is 5.41 Å². The first kappa shape index (κ1) is 11.9. The topological polar surface area (TPSA) is 27.1 Å². The van der Waals surface area contributed by atoms with Crippen LogP contribution in [-0.4, -0.2) is 23.8 Å². The summed E-state index contributed by atoms with van der Waals surface area (Å²) in [5, 5.41) is 8.37. The molecule has 0 aromatic heterocycles. The first-order valence-electron chi connectivity index (χ1n) is 7.11. The number of rotatable bonds is 1. The third kappa shape index (κ3) is 2.99. The number of hydrogen-bond donors (Lipinski definition) is 1. The van der Waals surface area contributed by atoms with Crippen LogP contribution in [0.2, 0.25) is 0 Å². The van der Waals surface area contributed by atoms with Crippen LogP contribution in [0.5, 0.6) is 0 Å². The van der Waals surface area contributed by atoms with Gasteiger partial charge in [-0.2, -0.15) is 0 Å². The molecular formula is C14H26N2. The summed E-state index contributed by atoms with van der Waals surface area (Å²) in [6.07, 6.45) is 10.5. The quantitative estimate of drug-likeness (QED) is 0.532. The molecule has 16 heavy (non-hydrogen) atoms. The molecule has 1 atom stereocenters. The molecule has 0 radical (unpaired) electrons. The highest BCUT2D eigenvalue weighted by molar-refractivity contribution is 5.81. The van der Waals surface area contributed by atoms with E-state index in [0.717, 1.165) is 24.8 Å². The number of likely N-dealkylation sites (tertiary alicyclic amines) is 1. The van der Waals surface area contributed by atoms with Gasteiger partial charge in [-0.25, -0.2) is 0 Å². The van der Waals surface area contributed by atoms with E-state index in [0.29, 0.717) is 5.92 Å². The van der Waals surface area contributed by atoms with E-state index in [1.54, 1.807) is 0 Å². The zero-order valence-electron chi connectivity index (χ0n) is 10.7. The summed E-state index contributed by atoms with van der Waals surface area (Å²) >= 11 is 0. The Labute approximate surface area is 99.9 Å². The predicted octanol–water partition coefficient (Wildman–Crippen LogP) is 3.67. The minimum absolute atomic E-state index is 0.585. The van der Waals surface area contributed by atoms with Gasteiger partial charge in [-0.15, -0.1) is 0 Å². The van der Waals surface area contributed by atoms with Gasteiger partial charge in [0.2, 0.25) is 0 Å². The summed E-state index contributed by atoms with van der Waals surface area (Å²) in [6.45, 7) is 4.63. The summed E-state index contributed by atoms with van der Waals surface area (Å²) < 4.78 is 0. The Bertz CT molecular complexity index is 231. The number of nitrogens with one attached hydrogen (secondary N) is 1. The van der Waals surface area contributed by atoms with Gasteiger partial charge < -0.3 is 4.90 Å². The van der Waals surface area contributed by atoms with Crippen molar-refractivity contribution in [1.82, 2.24) is 4.90 Å². The monoisotopic (exact) mass is 222 g/mol. The molecule has 1 saturated carbocycles. The van der Waals surface area contributed by atoms with Crippen LogP contribution in [0, 0.1) is 17.2 Å². The normalized spacial score (nSPS) is 28.8. The van der Waals surface area contributed by atoms with Gasteiger partial charge in [-0.1, -0.05) is 26.2 Å². The first-order chi connectivity index (χ1) is 7.77. The second-order valence-electron chi connectivity index (χ2n) is 5.74. The first-order valence-corrected chi connectivity index (χ1v) is 7.11. The van der Waals surface area contributed by atoms with Crippen LogP contribution in [0.15, 0.2) is 0 Å². The molecule has 1 aliphatic carbocycles. The maximum absolute atomic E-state index is 8.37. The van der Waals surface area contributed by atoms with Gasteiger partial charge >= 0.3 is 0 Å². The van der Waals surface area contributed by atoms with Crippen LogP contribution in [0.4, 0.5) is 0 Å². The van der Waals surface area contributed by atoms with E-state index in [-0.39, 0.29) is 0 Å². The molecule has 2 aliphatic rings. The van der Waals surface area contributed by atoms with Crippen LogP contribution < -0.4 is 0 Å². The molecule has 2 heteroatoms. The molecule has 0 aromatic rings. The highest BCUT2D eigenvalue weighted by Gasteiger charge is 2.24. The Kier molecular flexibility index (Phi) is 4.25. The molecule has 1 unspecified atom stereocenters. The molecule has 92 valence electrons. The van der Waals surface area contributed by atoms with Gasteiger partial charge in [0.25, 0.3) is 0 Å². The minimum atomic E-state index is 0.585. The lowest BCUT2D eigenvalue weighted by Crippen LogP contribution is -2.37. The van der Waals surface area contributed by atoms with Crippen LogP contribution in [0.3, 0.4) is 0 Å². The van der Waals surface area contributed by atoms with E-state index in [2.05, 4.69) is 11.8 Å². The van der Waals surface area contributed by atoms with Gasteiger partial charge in [0.15, 0.2) is 0 Å². The Balaban J connectivity index is 1.87. The zero-order chi connectivity index (χ0) is 11.4. The van der Waals surface area contributed by atoms with Crippen molar-refractivity contribution >= 4 is 5.84 Å². The summed E-state index contributed by atoms with van der Waals surface area (Å²) in [5.41, 5.74) is 0. The molecule has 0 bridgehead atoms. The smallest absolute Gasteiger partial charge is 0.0989 e. The summed E-state index contributed by atoms with van der Waals surface area (Å²) in [5.74, 6) is 2.42. The van der Waals surface area contributed by atoms with Crippen LogP contribution in [0.1, 0.15) is 58.3 Å². The van der Waals surface area contributed by atoms with Crippen LogP contribution in [-0.2, 0) is 0 Å². The molecule has 1 N–H and O–H groups in total. The van der Waals surface area contributed by atoms with Crippen LogP contribution >= 0.6 is 0 Å². The van der Waals surface area contributed by atoms with Crippen molar-refractivity contribution in [2.45, 2.75) is 58.3 Å². The number of hydrogen-bond acceptors (Lipinski definition) is 1. The fraction of sp³-hybridized carbons (Fsp3) is 0.929. The van der Waals surface area contributed by atoms with Crippen molar-refractivity contribution in [3.63, 3.8) is 0 Å². The van der Waals surface area contributed by atoms with Gasteiger partial charge in [0, 0.05) is 19.0 Å². The molecule has 2 fully saturated rings. The summed E-state index contributed by atoms with van der Waals surface area (Å²) in [4.78, 5) is 2.37. The van der Waals surface area contributed by atoms with E-state index in [1.807, 2.05) is 0 Å². The van der Waals surface area contributed by atoms with E-state index in [1.165, 1.54) is 51.4 Å². The zero-order valence-corrected chi connectivity index (χ0v) is 10.7. The number of amidine groups is 1. The Morgan fingerprint density at radius 3 is 2.44 bits per heavy atom. The molecule has 1 heterocycles. The van der Waals surface area contributed by atoms with Gasteiger partial charge in [-0.3, -0.25) is 5.41 Å². The largest absolute Gasteiger partial charge is 0.360 e. The molecule has 0 aromatic carbocycles. The third-order valence-electron chi connectivity index (χ3n) is 4.35. The van der Waals surface area contributed by atoms with Crippen molar-refractivity contribution in [2.24, 2.45) is 11.8 Å². The molecule has 1 saturated heterocycles. The molecule has 0 amide bonds. The molecular weight excluding hydrogens is 196 g/mol. The maximum Gasteiger partial charge on any atom is 0.0989 e. The highest BCUT2D eigenvalue weighted by Crippen LogP contribution is 2.27. The van der Waals surface area contributed by atoms with Crippen molar-refractivity contribution in [2.75, 3.05) is 13.1 Å². The average Bonchev–Trinajstić information content (AvgIpc) is 2.54. The van der Waals surface area contributed by atoms with E-state index < -0.39 is 0 Å². The van der Waals surface area contributed by atoms with Crippen LogP contribution in [0.25, 0.3) is 0 Å². The fourth-order valence-electron chi connectivity index (χ4n) is 3.14. The van der Waals surface area contributed by atoms with Gasteiger partial charge in [0.1, 0.15) is 0 Å².